The first kappa shape index (κ1) is 9.60. The number of anilines is 2. The number of nitrogens with one attached hydrogen (secondary N) is 1. The molecule has 0 bridgehead atoms. The lowest BCUT2D eigenvalue weighted by Crippen LogP contribution is -2.13. The van der Waals surface area contributed by atoms with Gasteiger partial charge in [0.1, 0.15) is 11.5 Å². The van der Waals surface area contributed by atoms with Crippen LogP contribution in [0, 0.1) is 0 Å². The number of nitrogens with zero attached hydrogens (tertiary/aromatic N) is 2. The molecule has 76 valence electrons. The summed E-state index contributed by atoms with van der Waals surface area (Å²) in [5, 5.41) is 4.28. The fourth-order valence-electron chi connectivity index (χ4n) is 0.984. The number of carbonyl (C=O) groups is 1. The number of hydrogen-bond acceptors (Lipinski definition) is 5. The van der Waals surface area contributed by atoms with Crippen molar-refractivity contribution in [2.75, 3.05) is 11.1 Å². The molecular weight excluding hydrogens is 212 g/mol. The molecule has 0 saturated carbocycles. The monoisotopic (exact) mass is 220 g/mol. The van der Waals surface area contributed by atoms with E-state index in [4.69, 9.17) is 5.73 Å². The van der Waals surface area contributed by atoms with E-state index in [2.05, 4.69) is 15.3 Å². The summed E-state index contributed by atoms with van der Waals surface area (Å²) in [7, 11) is 0. The molecule has 3 N–H and O–H groups in total. The molecule has 0 radical (unpaired) electrons. The fraction of sp³-hybridized carbons (Fsp3) is 0. The van der Waals surface area contributed by atoms with E-state index in [1.165, 1.54) is 17.5 Å². The molecule has 5 nitrogen and oxygen atoms in total. The van der Waals surface area contributed by atoms with Gasteiger partial charge < -0.3 is 11.1 Å². The Morgan fingerprint density at radius 3 is 2.87 bits per heavy atom. The van der Waals surface area contributed by atoms with Crippen molar-refractivity contribution in [3.05, 3.63) is 34.9 Å². The molecule has 0 aliphatic rings. The molecule has 0 saturated heterocycles. The van der Waals surface area contributed by atoms with Crippen molar-refractivity contribution in [1.82, 2.24) is 9.97 Å². The van der Waals surface area contributed by atoms with Crippen LogP contribution in [0.2, 0.25) is 0 Å². The van der Waals surface area contributed by atoms with Gasteiger partial charge in [0.2, 0.25) is 0 Å². The van der Waals surface area contributed by atoms with Gasteiger partial charge in [-0.25, -0.2) is 9.97 Å². The third kappa shape index (κ3) is 2.29. The first-order valence-corrected chi connectivity index (χ1v) is 5.11. The molecule has 2 aromatic rings. The maximum Gasteiger partial charge on any atom is 0.276 e. The SMILES string of the molecule is Nc1ccc(NC(=O)c2cscn2)nc1. The first-order valence-electron chi connectivity index (χ1n) is 4.17. The average Bonchev–Trinajstić information content (AvgIpc) is 2.74. The topological polar surface area (TPSA) is 80.9 Å². The largest absolute Gasteiger partial charge is 0.397 e. The maximum atomic E-state index is 11.5. The number of rotatable bonds is 2. The molecular formula is C9H8N4OS. The number of carbonyl (C=O) groups excluding carboxylic acids is 1. The van der Waals surface area contributed by atoms with Crippen LogP contribution in [0.25, 0.3) is 0 Å². The van der Waals surface area contributed by atoms with Crippen LogP contribution in [-0.4, -0.2) is 15.9 Å². The van der Waals surface area contributed by atoms with Crippen LogP contribution in [-0.2, 0) is 0 Å². The second-order valence-electron chi connectivity index (χ2n) is 2.80. The number of nitrogen functional groups attached to an aromatic ring is 1. The standard InChI is InChI=1S/C9H8N4OS/c10-6-1-2-8(11-3-6)13-9(14)7-4-15-5-12-7/h1-5H,10H2,(H,11,13,14). The summed E-state index contributed by atoms with van der Waals surface area (Å²) in [5.74, 6) is 0.190. The lowest BCUT2D eigenvalue weighted by Gasteiger charge is -2.01. The van der Waals surface area contributed by atoms with E-state index in [1.807, 2.05) is 0 Å². The molecule has 2 aromatic heterocycles. The molecule has 0 aromatic carbocycles. The highest BCUT2D eigenvalue weighted by Crippen LogP contribution is 2.08. The molecule has 0 atom stereocenters. The molecule has 2 rings (SSSR count). The zero-order chi connectivity index (χ0) is 10.7. The van der Waals surface area contributed by atoms with Crippen LogP contribution in [0.4, 0.5) is 11.5 Å². The Bertz CT molecular complexity index is 451. The molecule has 6 heteroatoms. The van der Waals surface area contributed by atoms with Crippen LogP contribution in [0.1, 0.15) is 10.5 Å². The van der Waals surface area contributed by atoms with Crippen molar-refractivity contribution in [1.29, 1.82) is 0 Å². The van der Waals surface area contributed by atoms with E-state index in [-0.39, 0.29) is 5.91 Å². The van der Waals surface area contributed by atoms with Gasteiger partial charge in [-0.1, -0.05) is 0 Å². The zero-order valence-electron chi connectivity index (χ0n) is 7.68. The highest BCUT2D eigenvalue weighted by molar-refractivity contribution is 7.07. The quantitative estimate of drug-likeness (QED) is 0.801. The van der Waals surface area contributed by atoms with Crippen LogP contribution in [0.15, 0.2) is 29.2 Å². The van der Waals surface area contributed by atoms with E-state index in [1.54, 1.807) is 23.0 Å². The molecule has 15 heavy (non-hydrogen) atoms. The minimum atomic E-state index is -0.270. The summed E-state index contributed by atoms with van der Waals surface area (Å²) < 4.78 is 0. The van der Waals surface area contributed by atoms with E-state index in [0.29, 0.717) is 17.2 Å². The van der Waals surface area contributed by atoms with Gasteiger partial charge in [0.05, 0.1) is 17.4 Å². The normalized spacial score (nSPS) is 9.87. The predicted molar refractivity (Wildman–Crippen MR) is 58.7 cm³/mol. The molecule has 0 spiro atoms. The molecule has 1 amide bonds. The summed E-state index contributed by atoms with van der Waals surface area (Å²) in [6.45, 7) is 0. The van der Waals surface area contributed by atoms with Gasteiger partial charge in [0, 0.05) is 5.38 Å². The Balaban J connectivity index is 2.09. The second kappa shape index (κ2) is 4.05. The minimum Gasteiger partial charge on any atom is -0.397 e. The van der Waals surface area contributed by atoms with E-state index < -0.39 is 0 Å². The highest BCUT2D eigenvalue weighted by Gasteiger charge is 2.07. The smallest absolute Gasteiger partial charge is 0.276 e. The van der Waals surface area contributed by atoms with Gasteiger partial charge in [0.15, 0.2) is 0 Å². The zero-order valence-corrected chi connectivity index (χ0v) is 8.49. The molecule has 0 aliphatic carbocycles. The average molecular weight is 220 g/mol. The first-order chi connectivity index (χ1) is 7.25. The summed E-state index contributed by atoms with van der Waals surface area (Å²) >= 11 is 1.37. The summed E-state index contributed by atoms with van der Waals surface area (Å²) in [5.41, 5.74) is 8.01. The van der Waals surface area contributed by atoms with Gasteiger partial charge in [-0.05, 0) is 12.1 Å². The Morgan fingerprint density at radius 2 is 2.27 bits per heavy atom. The highest BCUT2D eigenvalue weighted by atomic mass is 32.1. The minimum absolute atomic E-state index is 0.270. The number of aromatic nitrogens is 2. The summed E-state index contributed by atoms with van der Waals surface area (Å²) in [4.78, 5) is 19.4. The Labute approximate surface area is 90.0 Å². The van der Waals surface area contributed by atoms with Crippen molar-refractivity contribution < 1.29 is 4.79 Å². The maximum absolute atomic E-state index is 11.5. The Morgan fingerprint density at radius 1 is 1.40 bits per heavy atom. The van der Waals surface area contributed by atoms with Gasteiger partial charge >= 0.3 is 0 Å². The van der Waals surface area contributed by atoms with Gasteiger partial charge in [-0.3, -0.25) is 4.79 Å². The molecule has 0 unspecified atom stereocenters. The molecule has 0 fully saturated rings. The van der Waals surface area contributed by atoms with Crippen molar-refractivity contribution in [2.24, 2.45) is 0 Å². The Kier molecular flexibility index (Phi) is 2.59. The lowest BCUT2D eigenvalue weighted by molar-refractivity contribution is 0.102. The van der Waals surface area contributed by atoms with Crippen molar-refractivity contribution in [3.8, 4) is 0 Å². The van der Waals surface area contributed by atoms with Crippen LogP contribution < -0.4 is 11.1 Å². The van der Waals surface area contributed by atoms with E-state index >= 15 is 0 Å². The predicted octanol–water partition coefficient (Wildman–Crippen LogP) is 1.37. The van der Waals surface area contributed by atoms with E-state index in [0.717, 1.165) is 0 Å². The summed E-state index contributed by atoms with van der Waals surface area (Å²) in [6.07, 6.45) is 1.48. The molecule has 0 aliphatic heterocycles. The van der Waals surface area contributed by atoms with Crippen molar-refractivity contribution >= 4 is 28.7 Å². The van der Waals surface area contributed by atoms with Crippen LogP contribution in [0.5, 0.6) is 0 Å². The Hall–Kier alpha value is -1.95. The second-order valence-corrected chi connectivity index (χ2v) is 3.52. The third-order valence-corrected chi connectivity index (χ3v) is 2.28. The van der Waals surface area contributed by atoms with Crippen LogP contribution in [0.3, 0.4) is 0 Å². The summed E-state index contributed by atoms with van der Waals surface area (Å²) in [6, 6.07) is 3.31. The van der Waals surface area contributed by atoms with Crippen molar-refractivity contribution in [2.45, 2.75) is 0 Å². The van der Waals surface area contributed by atoms with Crippen molar-refractivity contribution in [3.63, 3.8) is 0 Å². The van der Waals surface area contributed by atoms with Gasteiger partial charge in [-0.2, -0.15) is 0 Å². The van der Waals surface area contributed by atoms with Crippen LogP contribution >= 0.6 is 11.3 Å². The number of nitrogens with two attached hydrogens (primary N) is 1. The van der Waals surface area contributed by atoms with Gasteiger partial charge in [-0.15, -0.1) is 11.3 Å². The van der Waals surface area contributed by atoms with E-state index in [9.17, 15) is 4.79 Å². The third-order valence-electron chi connectivity index (χ3n) is 1.69. The number of pyridine rings is 1. The van der Waals surface area contributed by atoms with Gasteiger partial charge in [0.25, 0.3) is 5.91 Å². The fourth-order valence-corrected chi connectivity index (χ4v) is 1.52. The number of thiazole rings is 1. The lowest BCUT2D eigenvalue weighted by atomic mass is 10.4. The number of hydrogen-bond donors (Lipinski definition) is 2. The number of amides is 1. The molecule has 2 heterocycles.